The van der Waals surface area contributed by atoms with Gasteiger partial charge < -0.3 is 10.6 Å². The second kappa shape index (κ2) is 7.54. The summed E-state index contributed by atoms with van der Waals surface area (Å²) in [6.07, 6.45) is 5.17. The number of aryl methyl sites for hydroxylation is 1. The van der Waals surface area contributed by atoms with Crippen molar-refractivity contribution in [2.75, 3.05) is 18.1 Å². The van der Waals surface area contributed by atoms with E-state index in [1.807, 2.05) is 0 Å². The van der Waals surface area contributed by atoms with Crippen molar-refractivity contribution in [2.24, 2.45) is 0 Å². The summed E-state index contributed by atoms with van der Waals surface area (Å²) in [7, 11) is -3.39. The predicted octanol–water partition coefficient (Wildman–Crippen LogP) is 1.98. The Labute approximate surface area is 164 Å². The van der Waals surface area contributed by atoms with E-state index in [2.05, 4.69) is 10.6 Å². The van der Waals surface area contributed by atoms with Crippen LogP contribution >= 0.6 is 0 Å². The summed E-state index contributed by atoms with van der Waals surface area (Å²) in [4.78, 5) is 38.5. The quantitative estimate of drug-likeness (QED) is 0.725. The maximum absolute atomic E-state index is 12.7. The number of anilines is 1. The lowest BCUT2D eigenvalue weighted by molar-refractivity contribution is -0.132. The number of hydrogen-bond donors (Lipinski definition) is 2. The van der Waals surface area contributed by atoms with Gasteiger partial charge in [0.05, 0.1) is 4.90 Å². The van der Waals surface area contributed by atoms with Crippen LogP contribution in [0.5, 0.6) is 0 Å². The highest BCUT2D eigenvalue weighted by Crippen LogP contribution is 2.33. The SMILES string of the molecule is Cc1ccc(S(C)(=O)=O)cc1NC(=O)CCN1C(=O)NC2(CCCCC2)C1=O. The van der Waals surface area contributed by atoms with Gasteiger partial charge in [0, 0.05) is 24.9 Å². The minimum Gasteiger partial charge on any atom is -0.326 e. The fourth-order valence-corrected chi connectivity index (χ4v) is 4.41. The van der Waals surface area contributed by atoms with Crippen LogP contribution in [0.4, 0.5) is 10.5 Å². The first kappa shape index (κ1) is 20.3. The van der Waals surface area contributed by atoms with Crippen molar-refractivity contribution in [2.45, 2.75) is 55.9 Å². The number of nitrogens with zero attached hydrogens (tertiary/aromatic N) is 1. The van der Waals surface area contributed by atoms with E-state index < -0.39 is 21.4 Å². The molecule has 1 aliphatic heterocycles. The molecule has 0 unspecified atom stereocenters. The molecule has 9 heteroatoms. The highest BCUT2D eigenvalue weighted by atomic mass is 32.2. The van der Waals surface area contributed by atoms with Crippen LogP contribution in [0.2, 0.25) is 0 Å². The fraction of sp³-hybridized carbons (Fsp3) is 0.526. The number of urea groups is 1. The Morgan fingerprint density at radius 2 is 1.89 bits per heavy atom. The Hall–Kier alpha value is -2.42. The van der Waals surface area contributed by atoms with Gasteiger partial charge in [0.2, 0.25) is 5.91 Å². The zero-order chi connectivity index (χ0) is 20.5. The zero-order valence-electron chi connectivity index (χ0n) is 16.1. The molecule has 0 bridgehead atoms. The number of carbonyl (C=O) groups is 3. The molecule has 8 nitrogen and oxygen atoms in total. The molecule has 3 rings (SSSR count). The van der Waals surface area contributed by atoms with Crippen molar-refractivity contribution < 1.29 is 22.8 Å². The van der Waals surface area contributed by atoms with Crippen LogP contribution < -0.4 is 10.6 Å². The lowest BCUT2D eigenvalue weighted by Gasteiger charge is -2.30. The molecule has 0 radical (unpaired) electrons. The van der Waals surface area contributed by atoms with Crippen LogP contribution in [-0.4, -0.2) is 49.5 Å². The Balaban J connectivity index is 1.63. The smallest absolute Gasteiger partial charge is 0.325 e. The van der Waals surface area contributed by atoms with Gasteiger partial charge in [-0.3, -0.25) is 14.5 Å². The van der Waals surface area contributed by atoms with Crippen molar-refractivity contribution in [3.8, 4) is 0 Å². The Morgan fingerprint density at radius 3 is 2.54 bits per heavy atom. The van der Waals surface area contributed by atoms with E-state index in [4.69, 9.17) is 0 Å². The van der Waals surface area contributed by atoms with Gasteiger partial charge in [-0.25, -0.2) is 13.2 Å². The molecule has 0 atom stereocenters. The van der Waals surface area contributed by atoms with Crippen LogP contribution in [0.1, 0.15) is 44.1 Å². The topological polar surface area (TPSA) is 113 Å². The van der Waals surface area contributed by atoms with Crippen molar-refractivity contribution in [1.29, 1.82) is 0 Å². The normalized spacial score (nSPS) is 19.0. The molecular formula is C19H25N3O5S. The molecule has 28 heavy (non-hydrogen) atoms. The first-order valence-electron chi connectivity index (χ1n) is 9.37. The summed E-state index contributed by atoms with van der Waals surface area (Å²) in [5.41, 5.74) is 0.317. The average molecular weight is 407 g/mol. The molecule has 1 aromatic carbocycles. The van der Waals surface area contributed by atoms with Crippen molar-refractivity contribution in [3.05, 3.63) is 23.8 Å². The number of hydrogen-bond acceptors (Lipinski definition) is 5. The van der Waals surface area contributed by atoms with Gasteiger partial charge in [0.15, 0.2) is 9.84 Å². The highest BCUT2D eigenvalue weighted by molar-refractivity contribution is 7.90. The predicted molar refractivity (Wildman–Crippen MR) is 104 cm³/mol. The number of carbonyl (C=O) groups excluding carboxylic acids is 3. The summed E-state index contributed by atoms with van der Waals surface area (Å²) in [5.74, 6) is -0.640. The van der Waals surface area contributed by atoms with E-state index >= 15 is 0 Å². The van der Waals surface area contributed by atoms with Gasteiger partial charge in [-0.15, -0.1) is 0 Å². The van der Waals surface area contributed by atoms with E-state index in [0.29, 0.717) is 18.5 Å². The summed E-state index contributed by atoms with van der Waals surface area (Å²) in [6, 6.07) is 4.07. The largest absolute Gasteiger partial charge is 0.326 e. The van der Waals surface area contributed by atoms with Gasteiger partial charge in [-0.1, -0.05) is 25.3 Å². The first-order valence-corrected chi connectivity index (χ1v) is 11.3. The molecule has 1 aliphatic carbocycles. The molecule has 2 N–H and O–H groups in total. The minimum atomic E-state index is -3.39. The van der Waals surface area contributed by atoms with Crippen LogP contribution in [-0.2, 0) is 19.4 Å². The van der Waals surface area contributed by atoms with E-state index in [0.717, 1.165) is 36.0 Å². The molecular weight excluding hydrogens is 382 g/mol. The van der Waals surface area contributed by atoms with Gasteiger partial charge in [0.1, 0.15) is 5.54 Å². The summed E-state index contributed by atoms with van der Waals surface area (Å²) in [5, 5.41) is 5.49. The van der Waals surface area contributed by atoms with Gasteiger partial charge in [-0.05, 0) is 37.5 Å². The zero-order valence-corrected chi connectivity index (χ0v) is 16.9. The molecule has 4 amide bonds. The molecule has 1 aromatic rings. The Bertz CT molecular complexity index is 919. The van der Waals surface area contributed by atoms with Crippen molar-refractivity contribution in [3.63, 3.8) is 0 Å². The highest BCUT2D eigenvalue weighted by Gasteiger charge is 2.51. The van der Waals surface area contributed by atoms with Crippen molar-refractivity contribution in [1.82, 2.24) is 10.2 Å². The molecule has 2 aliphatic rings. The molecule has 1 spiro atoms. The van der Waals surface area contributed by atoms with Crippen LogP contribution in [0.25, 0.3) is 0 Å². The van der Waals surface area contributed by atoms with E-state index in [9.17, 15) is 22.8 Å². The Morgan fingerprint density at radius 1 is 1.21 bits per heavy atom. The second-order valence-electron chi connectivity index (χ2n) is 7.58. The monoisotopic (exact) mass is 407 g/mol. The summed E-state index contributed by atoms with van der Waals surface area (Å²) in [6.45, 7) is 1.75. The second-order valence-corrected chi connectivity index (χ2v) is 9.59. The third kappa shape index (κ3) is 4.04. The first-order chi connectivity index (χ1) is 13.1. The maximum atomic E-state index is 12.7. The number of rotatable bonds is 5. The van der Waals surface area contributed by atoms with Crippen molar-refractivity contribution >= 4 is 33.4 Å². The third-order valence-electron chi connectivity index (χ3n) is 5.43. The fourth-order valence-electron chi connectivity index (χ4n) is 3.77. The lowest BCUT2D eigenvalue weighted by Crippen LogP contribution is -2.48. The van der Waals surface area contributed by atoms with Gasteiger partial charge in [-0.2, -0.15) is 0 Å². The molecule has 152 valence electrons. The number of benzene rings is 1. The van der Waals surface area contributed by atoms with Gasteiger partial charge in [0.25, 0.3) is 5.91 Å². The molecule has 1 saturated heterocycles. The number of sulfone groups is 1. The van der Waals surface area contributed by atoms with E-state index in [1.54, 1.807) is 13.0 Å². The van der Waals surface area contributed by atoms with Crippen LogP contribution in [0.3, 0.4) is 0 Å². The minimum absolute atomic E-state index is 0.0108. The molecule has 0 aromatic heterocycles. The van der Waals surface area contributed by atoms with Gasteiger partial charge >= 0.3 is 6.03 Å². The molecule has 2 fully saturated rings. The van der Waals surface area contributed by atoms with Crippen LogP contribution in [0.15, 0.2) is 23.1 Å². The average Bonchev–Trinajstić information content (AvgIpc) is 2.84. The number of imide groups is 1. The Kier molecular flexibility index (Phi) is 5.47. The van der Waals surface area contributed by atoms with E-state index in [1.165, 1.54) is 12.1 Å². The van der Waals surface area contributed by atoms with Crippen LogP contribution in [0, 0.1) is 6.92 Å². The third-order valence-corrected chi connectivity index (χ3v) is 6.54. The van der Waals surface area contributed by atoms with E-state index in [-0.39, 0.29) is 29.7 Å². The maximum Gasteiger partial charge on any atom is 0.325 e. The number of amides is 4. The lowest BCUT2D eigenvalue weighted by atomic mass is 9.82. The summed E-state index contributed by atoms with van der Waals surface area (Å²) >= 11 is 0. The molecule has 1 heterocycles. The summed E-state index contributed by atoms with van der Waals surface area (Å²) < 4.78 is 23.4. The number of nitrogens with one attached hydrogen (secondary N) is 2. The molecule has 1 saturated carbocycles. The standard InChI is InChI=1S/C19H25N3O5S/c1-13-6-7-14(28(2,26)27)12-15(13)20-16(23)8-11-22-17(24)19(21-18(22)25)9-4-3-5-10-19/h6-7,12H,3-5,8-11H2,1-2H3,(H,20,23)(H,21,25).